The van der Waals surface area contributed by atoms with Gasteiger partial charge in [-0.15, -0.1) is 11.6 Å². The van der Waals surface area contributed by atoms with Gasteiger partial charge in [0.2, 0.25) is 0 Å². The van der Waals surface area contributed by atoms with E-state index in [1.165, 1.54) is 25.0 Å². The zero-order valence-corrected chi connectivity index (χ0v) is 10.6. The van der Waals surface area contributed by atoms with E-state index < -0.39 is 0 Å². The fraction of sp³-hybridized carbons (Fsp3) is 0.538. The highest BCUT2D eigenvalue weighted by Gasteiger charge is 2.33. The van der Waals surface area contributed by atoms with Crippen LogP contribution in [0.5, 0.6) is 0 Å². The van der Waals surface area contributed by atoms with E-state index in [2.05, 4.69) is 0 Å². The van der Waals surface area contributed by atoms with E-state index in [0.717, 1.165) is 24.8 Å². The van der Waals surface area contributed by atoms with Crippen LogP contribution in [0.15, 0.2) is 18.2 Å². The minimum absolute atomic E-state index is 0.184. The first-order chi connectivity index (χ1) is 7.65. The van der Waals surface area contributed by atoms with E-state index in [-0.39, 0.29) is 11.2 Å². The van der Waals surface area contributed by atoms with Crippen molar-refractivity contribution in [3.8, 4) is 0 Å². The summed E-state index contributed by atoms with van der Waals surface area (Å²) in [7, 11) is 0. The Bertz CT molecular complexity index is 370. The molecule has 0 aliphatic heterocycles. The molecule has 1 saturated carbocycles. The Morgan fingerprint density at radius 2 is 1.94 bits per heavy atom. The molecule has 0 unspecified atom stereocenters. The molecular weight excluding hydrogens is 246 g/mol. The third-order valence-corrected chi connectivity index (χ3v) is 4.45. The second-order valence-corrected chi connectivity index (χ2v) is 5.43. The molecule has 0 atom stereocenters. The molecular formula is C13H15Cl2F. The lowest BCUT2D eigenvalue weighted by Crippen LogP contribution is -2.21. The monoisotopic (exact) mass is 260 g/mol. The van der Waals surface area contributed by atoms with Crippen LogP contribution in [-0.2, 0) is 6.42 Å². The first-order valence-corrected chi connectivity index (χ1v) is 6.56. The summed E-state index contributed by atoms with van der Waals surface area (Å²) in [6.07, 6.45) is 5.67. The van der Waals surface area contributed by atoms with Crippen molar-refractivity contribution in [1.82, 2.24) is 0 Å². The first kappa shape index (κ1) is 12.2. The van der Waals surface area contributed by atoms with E-state index in [0.29, 0.717) is 10.9 Å². The van der Waals surface area contributed by atoms with Gasteiger partial charge in [0, 0.05) is 10.9 Å². The summed E-state index contributed by atoms with van der Waals surface area (Å²) in [5, 5.41) is 0.524. The molecule has 1 aromatic carbocycles. The zero-order chi connectivity index (χ0) is 11.6. The molecule has 2 rings (SSSR count). The van der Waals surface area contributed by atoms with Gasteiger partial charge in [-0.05, 0) is 42.4 Å². The Balaban J connectivity index is 2.19. The van der Waals surface area contributed by atoms with Crippen LogP contribution in [0, 0.1) is 11.2 Å². The van der Waals surface area contributed by atoms with Crippen molar-refractivity contribution >= 4 is 23.2 Å². The molecule has 0 nitrogen and oxygen atoms in total. The number of hydrogen-bond acceptors (Lipinski definition) is 0. The van der Waals surface area contributed by atoms with Crippen molar-refractivity contribution in [2.75, 3.05) is 5.88 Å². The molecule has 0 heterocycles. The highest BCUT2D eigenvalue weighted by molar-refractivity contribution is 6.31. The molecule has 16 heavy (non-hydrogen) atoms. The molecule has 3 heteroatoms. The Morgan fingerprint density at radius 3 is 2.50 bits per heavy atom. The minimum Gasteiger partial charge on any atom is -0.207 e. The highest BCUT2D eigenvalue weighted by Crippen LogP contribution is 2.42. The maximum absolute atomic E-state index is 12.9. The van der Waals surface area contributed by atoms with Gasteiger partial charge in [0.1, 0.15) is 5.82 Å². The largest absolute Gasteiger partial charge is 0.207 e. The molecule has 0 amide bonds. The Kier molecular flexibility index (Phi) is 3.76. The number of halogens is 3. The third kappa shape index (κ3) is 2.52. The van der Waals surface area contributed by atoms with Gasteiger partial charge in [-0.25, -0.2) is 4.39 Å². The highest BCUT2D eigenvalue weighted by atomic mass is 35.5. The van der Waals surface area contributed by atoms with Crippen molar-refractivity contribution in [2.45, 2.75) is 32.1 Å². The average molecular weight is 261 g/mol. The van der Waals surface area contributed by atoms with Crippen LogP contribution in [0.25, 0.3) is 0 Å². The van der Waals surface area contributed by atoms with E-state index >= 15 is 0 Å². The quantitative estimate of drug-likeness (QED) is 0.684. The van der Waals surface area contributed by atoms with E-state index in [9.17, 15) is 4.39 Å². The van der Waals surface area contributed by atoms with E-state index in [1.807, 2.05) is 0 Å². The summed E-state index contributed by atoms with van der Waals surface area (Å²) in [6.45, 7) is 0. The summed E-state index contributed by atoms with van der Waals surface area (Å²) in [5.74, 6) is 0.390. The van der Waals surface area contributed by atoms with Crippen molar-refractivity contribution < 1.29 is 4.39 Å². The zero-order valence-electron chi connectivity index (χ0n) is 9.11. The molecule has 88 valence electrons. The topological polar surface area (TPSA) is 0 Å². The van der Waals surface area contributed by atoms with Gasteiger partial charge in [0.05, 0.1) is 0 Å². The van der Waals surface area contributed by atoms with Gasteiger partial charge in [0.15, 0.2) is 0 Å². The second-order valence-electron chi connectivity index (χ2n) is 4.75. The van der Waals surface area contributed by atoms with Crippen LogP contribution in [0.3, 0.4) is 0 Å². The van der Waals surface area contributed by atoms with Gasteiger partial charge in [0.25, 0.3) is 0 Å². The number of rotatable bonds is 3. The summed E-state index contributed by atoms with van der Waals surface area (Å²) >= 11 is 12.1. The molecule has 1 aromatic rings. The van der Waals surface area contributed by atoms with Crippen LogP contribution < -0.4 is 0 Å². The molecule has 0 aromatic heterocycles. The van der Waals surface area contributed by atoms with Crippen LogP contribution in [0.1, 0.15) is 31.2 Å². The maximum Gasteiger partial charge on any atom is 0.124 e. The summed E-state index contributed by atoms with van der Waals surface area (Å²) in [5.41, 5.74) is 1.20. The van der Waals surface area contributed by atoms with Gasteiger partial charge in [-0.1, -0.05) is 30.5 Å². The molecule has 0 bridgehead atoms. The molecule has 1 aliphatic carbocycles. The van der Waals surface area contributed by atoms with Gasteiger partial charge < -0.3 is 0 Å². The van der Waals surface area contributed by atoms with Crippen LogP contribution in [-0.4, -0.2) is 5.88 Å². The van der Waals surface area contributed by atoms with Crippen LogP contribution in [0.4, 0.5) is 4.39 Å². The van der Waals surface area contributed by atoms with Crippen molar-refractivity contribution in [1.29, 1.82) is 0 Å². The summed E-state index contributed by atoms with van der Waals surface area (Å²) in [6, 6.07) is 4.64. The molecule has 0 saturated heterocycles. The molecule has 0 N–H and O–H groups in total. The summed E-state index contributed by atoms with van der Waals surface area (Å²) < 4.78 is 12.9. The number of alkyl halides is 1. The van der Waals surface area contributed by atoms with E-state index in [4.69, 9.17) is 23.2 Å². The number of benzene rings is 1. The smallest absolute Gasteiger partial charge is 0.124 e. The standard InChI is InChI=1S/C13H15Cl2F/c14-9-13(5-1-2-6-13)8-10-3-4-11(16)7-12(10)15/h3-4,7H,1-2,5-6,8-9H2. The first-order valence-electron chi connectivity index (χ1n) is 5.65. The second kappa shape index (κ2) is 4.93. The van der Waals surface area contributed by atoms with Crippen molar-refractivity contribution in [3.63, 3.8) is 0 Å². The lowest BCUT2D eigenvalue weighted by atomic mass is 9.82. The van der Waals surface area contributed by atoms with E-state index in [1.54, 1.807) is 6.07 Å². The maximum atomic E-state index is 12.9. The molecule has 0 radical (unpaired) electrons. The average Bonchev–Trinajstić information content (AvgIpc) is 2.72. The van der Waals surface area contributed by atoms with Crippen LogP contribution >= 0.6 is 23.2 Å². The van der Waals surface area contributed by atoms with Crippen molar-refractivity contribution in [2.24, 2.45) is 5.41 Å². The fourth-order valence-corrected chi connectivity index (χ4v) is 3.15. The SMILES string of the molecule is Fc1ccc(CC2(CCl)CCCC2)c(Cl)c1. The van der Waals surface area contributed by atoms with Gasteiger partial charge in [-0.3, -0.25) is 0 Å². The van der Waals surface area contributed by atoms with Crippen molar-refractivity contribution in [3.05, 3.63) is 34.6 Å². The Labute approximate surface area is 106 Å². The molecule has 1 fully saturated rings. The minimum atomic E-state index is -0.278. The third-order valence-electron chi connectivity index (χ3n) is 3.53. The van der Waals surface area contributed by atoms with Gasteiger partial charge in [-0.2, -0.15) is 0 Å². The van der Waals surface area contributed by atoms with Gasteiger partial charge >= 0.3 is 0 Å². The predicted molar refractivity (Wildman–Crippen MR) is 66.7 cm³/mol. The predicted octanol–water partition coefficient (Wildman–Crippen LogP) is 4.82. The number of hydrogen-bond donors (Lipinski definition) is 0. The Hall–Kier alpha value is -0.270. The normalized spacial score (nSPS) is 18.9. The van der Waals surface area contributed by atoms with Crippen LogP contribution in [0.2, 0.25) is 5.02 Å². The fourth-order valence-electron chi connectivity index (χ4n) is 2.55. The Morgan fingerprint density at radius 1 is 1.25 bits per heavy atom. The molecule has 1 aliphatic rings. The molecule has 0 spiro atoms. The summed E-state index contributed by atoms with van der Waals surface area (Å²) in [4.78, 5) is 0. The lowest BCUT2D eigenvalue weighted by molar-refractivity contribution is 0.341. The lowest BCUT2D eigenvalue weighted by Gasteiger charge is -2.26.